The van der Waals surface area contributed by atoms with Gasteiger partial charge in [0.2, 0.25) is 17.5 Å². The average Bonchev–Trinajstić information content (AvgIpc) is 2.66. The highest BCUT2D eigenvalue weighted by molar-refractivity contribution is 5.88. The Morgan fingerprint density at radius 2 is 2.12 bits per heavy atom. The third-order valence-corrected chi connectivity index (χ3v) is 2.24. The summed E-state index contributed by atoms with van der Waals surface area (Å²) in [6, 6.07) is 0. The first-order valence-electron chi connectivity index (χ1n) is 5.40. The quantitative estimate of drug-likeness (QED) is 0.739. The minimum atomic E-state index is -0.0602. The fourth-order valence-corrected chi connectivity index (χ4v) is 1.32. The van der Waals surface area contributed by atoms with Crippen LogP contribution in [0.25, 0.3) is 0 Å². The van der Waals surface area contributed by atoms with E-state index in [0.717, 1.165) is 0 Å². The number of hydrogen-bond acceptors (Lipinski definition) is 6. The zero-order valence-electron chi connectivity index (χ0n) is 10.2. The highest BCUT2D eigenvalue weighted by atomic mass is 16.6. The van der Waals surface area contributed by atoms with Crippen LogP contribution in [0.2, 0.25) is 0 Å². The predicted molar refractivity (Wildman–Crippen MR) is 64.0 cm³/mol. The zero-order valence-corrected chi connectivity index (χ0v) is 10.2. The van der Waals surface area contributed by atoms with Gasteiger partial charge in [-0.3, -0.25) is 4.79 Å². The molecule has 1 aromatic rings. The number of amides is 1. The molecule has 0 radical (unpaired) electrons. The molecule has 0 saturated carbocycles. The Balaban J connectivity index is 2.67. The Kier molecular flexibility index (Phi) is 4.50. The molecule has 3 N–H and O–H groups in total. The van der Waals surface area contributed by atoms with Crippen LogP contribution in [-0.2, 0) is 4.79 Å². The largest absolute Gasteiger partial charge is 0.378 e. The number of hydrogen-bond donors (Lipinski definition) is 2. The van der Waals surface area contributed by atoms with E-state index in [1.807, 2.05) is 13.8 Å². The number of anilines is 2. The second-order valence-electron chi connectivity index (χ2n) is 3.46. The fraction of sp³-hybridized carbons (Fsp3) is 0.500. The highest BCUT2D eigenvalue weighted by Gasteiger charge is 2.09. The molecule has 0 unspecified atom stereocenters. The summed E-state index contributed by atoms with van der Waals surface area (Å²) < 4.78 is 4.43. The Hall–Kier alpha value is -2.05. The summed E-state index contributed by atoms with van der Waals surface area (Å²) in [5.41, 5.74) is 6.11. The van der Waals surface area contributed by atoms with Gasteiger partial charge in [0.25, 0.3) is 0 Å². The second-order valence-corrected chi connectivity index (χ2v) is 3.46. The fourth-order valence-electron chi connectivity index (χ4n) is 1.32. The smallest absolute Gasteiger partial charge is 0.248 e. The van der Waals surface area contributed by atoms with Crippen LogP contribution in [0, 0.1) is 0 Å². The van der Waals surface area contributed by atoms with Crippen molar-refractivity contribution >= 4 is 17.5 Å². The first kappa shape index (κ1) is 13.0. The van der Waals surface area contributed by atoms with Crippen LogP contribution >= 0.6 is 0 Å². The molecule has 7 heteroatoms. The Morgan fingerprint density at radius 1 is 1.47 bits per heavy atom. The molecule has 0 aromatic carbocycles. The summed E-state index contributed by atoms with van der Waals surface area (Å²) in [7, 11) is 0. The summed E-state index contributed by atoms with van der Waals surface area (Å²) >= 11 is 0. The number of likely N-dealkylation sites (N-methyl/N-ethyl adjacent to an activating group) is 1. The van der Waals surface area contributed by atoms with Gasteiger partial charge in [-0.2, -0.15) is 0 Å². The van der Waals surface area contributed by atoms with E-state index in [0.29, 0.717) is 24.6 Å². The van der Waals surface area contributed by atoms with Gasteiger partial charge in [0.1, 0.15) is 0 Å². The standard InChI is InChI=1S/C10H17N5O2/c1-4-15(5-2)8(16)6-7(3)12-10-9(11)13-17-14-10/h6H,4-5H2,1-3H3,(H2,11,13)(H,12,14)/b7-6+. The molecular weight excluding hydrogens is 222 g/mol. The van der Waals surface area contributed by atoms with Gasteiger partial charge in [0, 0.05) is 24.9 Å². The summed E-state index contributed by atoms with van der Waals surface area (Å²) in [5, 5.41) is 9.83. The third kappa shape index (κ3) is 3.47. The lowest BCUT2D eigenvalue weighted by molar-refractivity contribution is -0.125. The lowest BCUT2D eigenvalue weighted by Crippen LogP contribution is -2.29. The molecule has 0 fully saturated rings. The summed E-state index contributed by atoms with van der Waals surface area (Å²) in [4.78, 5) is 13.5. The van der Waals surface area contributed by atoms with E-state index in [-0.39, 0.29) is 11.7 Å². The van der Waals surface area contributed by atoms with Crippen LogP contribution in [0.4, 0.5) is 11.6 Å². The average molecular weight is 239 g/mol. The van der Waals surface area contributed by atoms with Crippen LogP contribution in [0.5, 0.6) is 0 Å². The Labute approximate surface area is 99.6 Å². The molecule has 1 aromatic heterocycles. The number of aromatic nitrogens is 2. The molecule has 0 spiro atoms. The van der Waals surface area contributed by atoms with Gasteiger partial charge in [0.15, 0.2) is 0 Å². The van der Waals surface area contributed by atoms with E-state index in [2.05, 4.69) is 20.3 Å². The van der Waals surface area contributed by atoms with E-state index in [9.17, 15) is 4.79 Å². The summed E-state index contributed by atoms with van der Waals surface area (Å²) in [5.74, 6) is 0.411. The van der Waals surface area contributed by atoms with Crippen molar-refractivity contribution in [1.82, 2.24) is 15.2 Å². The minimum absolute atomic E-state index is 0.0602. The molecule has 0 aliphatic rings. The van der Waals surface area contributed by atoms with Crippen LogP contribution in [0.15, 0.2) is 16.4 Å². The number of rotatable bonds is 5. The number of allylic oxidation sites excluding steroid dienone is 1. The predicted octanol–water partition coefficient (Wildman–Crippen LogP) is 0.836. The Bertz CT molecular complexity index is 409. The van der Waals surface area contributed by atoms with E-state index in [4.69, 9.17) is 5.73 Å². The van der Waals surface area contributed by atoms with Crippen molar-refractivity contribution in [1.29, 1.82) is 0 Å². The lowest BCUT2D eigenvalue weighted by Gasteiger charge is -2.16. The van der Waals surface area contributed by atoms with Crippen LogP contribution in [0.1, 0.15) is 20.8 Å². The molecule has 0 atom stereocenters. The molecule has 0 aliphatic heterocycles. The monoisotopic (exact) mass is 239 g/mol. The molecule has 0 bridgehead atoms. The van der Waals surface area contributed by atoms with Crippen LogP contribution < -0.4 is 11.1 Å². The molecule has 0 saturated heterocycles. The van der Waals surface area contributed by atoms with Crippen molar-refractivity contribution < 1.29 is 9.42 Å². The van der Waals surface area contributed by atoms with E-state index < -0.39 is 0 Å². The molecule has 94 valence electrons. The zero-order chi connectivity index (χ0) is 12.8. The van der Waals surface area contributed by atoms with Crippen molar-refractivity contribution in [3.63, 3.8) is 0 Å². The van der Waals surface area contributed by atoms with E-state index in [1.165, 1.54) is 6.08 Å². The number of carbonyl (C=O) groups excluding carboxylic acids is 1. The maximum Gasteiger partial charge on any atom is 0.248 e. The number of nitrogen functional groups attached to an aromatic ring is 1. The second kappa shape index (κ2) is 5.88. The topological polar surface area (TPSA) is 97.3 Å². The Morgan fingerprint density at radius 3 is 2.59 bits per heavy atom. The van der Waals surface area contributed by atoms with Crippen molar-refractivity contribution in [2.45, 2.75) is 20.8 Å². The van der Waals surface area contributed by atoms with Gasteiger partial charge in [-0.1, -0.05) is 0 Å². The molecule has 1 rings (SSSR count). The molecule has 1 amide bonds. The maximum atomic E-state index is 11.7. The minimum Gasteiger partial charge on any atom is -0.378 e. The summed E-state index contributed by atoms with van der Waals surface area (Å²) in [6.45, 7) is 6.95. The molecular formula is C10H17N5O2. The van der Waals surface area contributed by atoms with Gasteiger partial charge in [-0.25, -0.2) is 4.63 Å². The van der Waals surface area contributed by atoms with Gasteiger partial charge >= 0.3 is 0 Å². The molecule has 1 heterocycles. The van der Waals surface area contributed by atoms with Crippen molar-refractivity contribution in [3.05, 3.63) is 11.8 Å². The van der Waals surface area contributed by atoms with Gasteiger partial charge in [-0.15, -0.1) is 0 Å². The SMILES string of the molecule is CCN(CC)C(=O)/C=C(\C)Nc1nonc1N. The maximum absolute atomic E-state index is 11.7. The number of nitrogens with one attached hydrogen (secondary N) is 1. The molecule has 0 aliphatic carbocycles. The van der Waals surface area contributed by atoms with Crippen LogP contribution in [0.3, 0.4) is 0 Å². The van der Waals surface area contributed by atoms with Crippen molar-refractivity contribution in [2.24, 2.45) is 0 Å². The van der Waals surface area contributed by atoms with Gasteiger partial charge in [0.05, 0.1) is 0 Å². The van der Waals surface area contributed by atoms with E-state index in [1.54, 1.807) is 11.8 Å². The van der Waals surface area contributed by atoms with Crippen molar-refractivity contribution in [2.75, 3.05) is 24.1 Å². The molecule has 17 heavy (non-hydrogen) atoms. The van der Waals surface area contributed by atoms with Gasteiger partial charge < -0.3 is 16.0 Å². The number of nitrogens with two attached hydrogens (primary N) is 1. The summed E-state index contributed by atoms with van der Waals surface area (Å²) in [6.07, 6.45) is 1.49. The first-order chi connectivity index (χ1) is 8.08. The van der Waals surface area contributed by atoms with E-state index >= 15 is 0 Å². The lowest BCUT2D eigenvalue weighted by atomic mass is 10.3. The first-order valence-corrected chi connectivity index (χ1v) is 5.40. The van der Waals surface area contributed by atoms with Gasteiger partial charge in [-0.05, 0) is 31.1 Å². The molecule has 7 nitrogen and oxygen atoms in total. The number of carbonyl (C=O) groups is 1. The highest BCUT2D eigenvalue weighted by Crippen LogP contribution is 2.13. The number of nitrogens with zero attached hydrogens (tertiary/aromatic N) is 3. The normalized spacial score (nSPS) is 11.4. The van der Waals surface area contributed by atoms with Crippen LogP contribution in [-0.4, -0.2) is 34.2 Å². The third-order valence-electron chi connectivity index (χ3n) is 2.24. The van der Waals surface area contributed by atoms with Crippen molar-refractivity contribution in [3.8, 4) is 0 Å².